The minimum absolute atomic E-state index is 0.000473. The lowest BCUT2D eigenvalue weighted by Gasteiger charge is -2.34. The van der Waals surface area contributed by atoms with E-state index in [0.717, 1.165) is 25.9 Å². The minimum atomic E-state index is -0.0885. The summed E-state index contributed by atoms with van der Waals surface area (Å²) in [5.74, 6) is 0.595. The first kappa shape index (κ1) is 17.2. The lowest BCUT2D eigenvalue weighted by molar-refractivity contribution is -0.146. The fourth-order valence-electron chi connectivity index (χ4n) is 3.12. The van der Waals surface area contributed by atoms with Crippen molar-refractivity contribution < 1.29 is 14.3 Å². The zero-order chi connectivity index (χ0) is 16.1. The van der Waals surface area contributed by atoms with Crippen LogP contribution in [0, 0.1) is 5.92 Å². The van der Waals surface area contributed by atoms with Gasteiger partial charge < -0.3 is 19.9 Å². The molecule has 2 amide bonds. The van der Waals surface area contributed by atoms with Crippen LogP contribution >= 0.6 is 0 Å². The van der Waals surface area contributed by atoms with Gasteiger partial charge in [0.2, 0.25) is 11.8 Å². The summed E-state index contributed by atoms with van der Waals surface area (Å²) in [6.07, 6.45) is 2.72. The molecule has 6 nitrogen and oxygen atoms in total. The Hall–Kier alpha value is -1.14. The second kappa shape index (κ2) is 7.92. The van der Waals surface area contributed by atoms with Crippen LogP contribution in [0.1, 0.15) is 33.1 Å². The summed E-state index contributed by atoms with van der Waals surface area (Å²) in [4.78, 5) is 27.5. The van der Waals surface area contributed by atoms with Gasteiger partial charge in [0.1, 0.15) is 6.61 Å². The Balaban J connectivity index is 1.63. The zero-order valence-corrected chi connectivity index (χ0v) is 14.0. The molecule has 2 fully saturated rings. The molecule has 1 N–H and O–H groups in total. The maximum Gasteiger partial charge on any atom is 0.248 e. The Morgan fingerprint density at radius 2 is 2.05 bits per heavy atom. The van der Waals surface area contributed by atoms with Crippen LogP contribution in [0.5, 0.6) is 0 Å². The third-order valence-corrected chi connectivity index (χ3v) is 4.73. The fourth-order valence-corrected chi connectivity index (χ4v) is 3.12. The fraction of sp³-hybridized carbons (Fsp3) is 0.875. The molecule has 126 valence electrons. The van der Waals surface area contributed by atoms with E-state index in [9.17, 15) is 9.59 Å². The number of hydrogen-bond acceptors (Lipinski definition) is 4. The molecule has 0 saturated carbocycles. The molecule has 0 aromatic rings. The molecule has 0 aromatic heterocycles. The lowest BCUT2D eigenvalue weighted by atomic mass is 9.92. The molecule has 6 heteroatoms. The van der Waals surface area contributed by atoms with E-state index >= 15 is 0 Å². The van der Waals surface area contributed by atoms with Crippen molar-refractivity contribution in [1.29, 1.82) is 0 Å². The highest BCUT2D eigenvalue weighted by Crippen LogP contribution is 2.21. The molecular weight excluding hydrogens is 282 g/mol. The number of ether oxygens (including phenoxy) is 1. The second-order valence-electron chi connectivity index (χ2n) is 6.79. The Morgan fingerprint density at radius 1 is 1.36 bits per heavy atom. The molecule has 22 heavy (non-hydrogen) atoms. The van der Waals surface area contributed by atoms with E-state index in [2.05, 4.69) is 24.1 Å². The van der Waals surface area contributed by atoms with Crippen molar-refractivity contribution in [3.05, 3.63) is 0 Å². The summed E-state index contributed by atoms with van der Waals surface area (Å²) in [7, 11) is 1.77. The predicted octanol–water partition coefficient (Wildman–Crippen LogP) is 0.470. The molecular formula is C16H29N3O3. The first-order valence-electron chi connectivity index (χ1n) is 8.32. The van der Waals surface area contributed by atoms with Crippen LogP contribution in [-0.4, -0.2) is 73.6 Å². The number of hydrogen-bond donors (Lipinski definition) is 1. The van der Waals surface area contributed by atoms with Gasteiger partial charge in [-0.2, -0.15) is 0 Å². The molecule has 1 atom stereocenters. The van der Waals surface area contributed by atoms with Gasteiger partial charge >= 0.3 is 0 Å². The second-order valence-corrected chi connectivity index (χ2v) is 6.79. The van der Waals surface area contributed by atoms with Gasteiger partial charge in [-0.3, -0.25) is 9.59 Å². The molecule has 2 saturated heterocycles. The average Bonchev–Trinajstić information content (AvgIpc) is 2.49. The van der Waals surface area contributed by atoms with E-state index in [0.29, 0.717) is 31.5 Å². The largest absolute Gasteiger partial charge is 0.365 e. The van der Waals surface area contributed by atoms with E-state index in [1.54, 1.807) is 11.9 Å². The summed E-state index contributed by atoms with van der Waals surface area (Å²) in [5.41, 5.74) is 0. The van der Waals surface area contributed by atoms with Gasteiger partial charge in [0.15, 0.2) is 0 Å². The number of nitrogens with zero attached hydrogens (tertiary/aromatic N) is 2. The summed E-state index contributed by atoms with van der Waals surface area (Å²) in [6, 6.07) is 0.595. The van der Waals surface area contributed by atoms with Crippen molar-refractivity contribution in [1.82, 2.24) is 15.1 Å². The Morgan fingerprint density at radius 3 is 2.64 bits per heavy atom. The van der Waals surface area contributed by atoms with Crippen LogP contribution in [0.3, 0.4) is 0 Å². The maximum atomic E-state index is 12.1. The van der Waals surface area contributed by atoms with E-state index < -0.39 is 0 Å². The van der Waals surface area contributed by atoms with Crippen molar-refractivity contribution in [2.45, 2.75) is 45.3 Å². The first-order chi connectivity index (χ1) is 10.5. The van der Waals surface area contributed by atoms with Crippen molar-refractivity contribution >= 4 is 11.8 Å². The molecule has 0 aromatic carbocycles. The van der Waals surface area contributed by atoms with E-state index in [4.69, 9.17) is 4.74 Å². The Labute approximate surface area is 133 Å². The number of rotatable bonds is 5. The smallest absolute Gasteiger partial charge is 0.248 e. The van der Waals surface area contributed by atoms with E-state index in [1.165, 1.54) is 0 Å². The van der Waals surface area contributed by atoms with Gasteiger partial charge in [-0.05, 0) is 45.7 Å². The van der Waals surface area contributed by atoms with Crippen molar-refractivity contribution in [2.24, 2.45) is 5.92 Å². The van der Waals surface area contributed by atoms with Gasteiger partial charge in [-0.1, -0.05) is 0 Å². The van der Waals surface area contributed by atoms with Crippen LogP contribution < -0.4 is 5.32 Å². The minimum Gasteiger partial charge on any atom is -0.365 e. The molecule has 0 spiro atoms. The van der Waals surface area contributed by atoms with Gasteiger partial charge in [0.05, 0.1) is 6.10 Å². The van der Waals surface area contributed by atoms with E-state index in [-0.39, 0.29) is 24.5 Å². The first-order valence-corrected chi connectivity index (χ1v) is 8.32. The molecule has 2 rings (SSSR count). The molecule has 0 aliphatic carbocycles. The third kappa shape index (κ3) is 4.95. The number of amides is 2. The number of morpholine rings is 1. The number of carbonyl (C=O) groups is 2. The number of likely N-dealkylation sites (tertiary alicyclic amines) is 1. The summed E-state index contributed by atoms with van der Waals surface area (Å²) >= 11 is 0. The van der Waals surface area contributed by atoms with Crippen LogP contribution in [0.4, 0.5) is 0 Å². The molecule has 1 unspecified atom stereocenters. The zero-order valence-electron chi connectivity index (χ0n) is 14.0. The number of likely N-dealkylation sites (N-methyl/N-ethyl adjacent to an activating group) is 1. The summed E-state index contributed by atoms with van der Waals surface area (Å²) < 4.78 is 5.43. The standard InChI is InChI=1S/C16H29N3O3/c1-12(2)19-6-4-13(5-7-19)8-15(20)17-9-14-10-18(3)16(21)11-22-14/h12-14H,4-11H2,1-3H3,(H,17,20). The summed E-state index contributed by atoms with van der Waals surface area (Å²) in [5, 5.41) is 2.95. The Kier molecular flexibility index (Phi) is 6.20. The van der Waals surface area contributed by atoms with Crippen LogP contribution in [-0.2, 0) is 14.3 Å². The molecule has 2 aliphatic heterocycles. The highest BCUT2D eigenvalue weighted by molar-refractivity contribution is 5.78. The van der Waals surface area contributed by atoms with Crippen molar-refractivity contribution in [3.8, 4) is 0 Å². The third-order valence-electron chi connectivity index (χ3n) is 4.73. The molecule has 0 radical (unpaired) electrons. The van der Waals surface area contributed by atoms with Crippen LogP contribution in [0.25, 0.3) is 0 Å². The van der Waals surface area contributed by atoms with E-state index in [1.807, 2.05) is 0 Å². The number of carbonyl (C=O) groups excluding carboxylic acids is 2. The predicted molar refractivity (Wildman–Crippen MR) is 84.4 cm³/mol. The van der Waals surface area contributed by atoms with Gasteiger partial charge in [0.25, 0.3) is 0 Å². The number of nitrogens with one attached hydrogen (secondary N) is 1. The SMILES string of the molecule is CC(C)N1CCC(CC(=O)NCC2CN(C)C(=O)CO2)CC1. The summed E-state index contributed by atoms with van der Waals surface area (Å²) in [6.45, 7) is 7.78. The van der Waals surface area contributed by atoms with Gasteiger partial charge in [-0.15, -0.1) is 0 Å². The van der Waals surface area contributed by atoms with Crippen LogP contribution in [0.2, 0.25) is 0 Å². The monoisotopic (exact) mass is 311 g/mol. The van der Waals surface area contributed by atoms with Crippen molar-refractivity contribution in [3.63, 3.8) is 0 Å². The van der Waals surface area contributed by atoms with Gasteiger partial charge in [-0.25, -0.2) is 0 Å². The van der Waals surface area contributed by atoms with Gasteiger partial charge in [0, 0.05) is 32.6 Å². The van der Waals surface area contributed by atoms with Crippen molar-refractivity contribution in [2.75, 3.05) is 39.8 Å². The highest BCUT2D eigenvalue weighted by Gasteiger charge is 2.25. The topological polar surface area (TPSA) is 61.9 Å². The quantitative estimate of drug-likeness (QED) is 0.802. The Bertz CT molecular complexity index is 392. The normalized spacial score (nSPS) is 24.8. The molecule has 2 aliphatic rings. The average molecular weight is 311 g/mol. The highest BCUT2D eigenvalue weighted by atomic mass is 16.5. The number of piperidine rings is 1. The maximum absolute atomic E-state index is 12.1. The lowest BCUT2D eigenvalue weighted by Crippen LogP contribution is -2.49. The molecule has 0 bridgehead atoms. The molecule has 2 heterocycles. The van der Waals surface area contributed by atoms with Crippen LogP contribution in [0.15, 0.2) is 0 Å².